The molecule has 102 valence electrons. The van der Waals surface area contributed by atoms with E-state index in [9.17, 15) is 8.42 Å². The first kappa shape index (κ1) is 14.1. The predicted octanol–water partition coefficient (Wildman–Crippen LogP) is 0.760. The van der Waals surface area contributed by atoms with Gasteiger partial charge >= 0.3 is 0 Å². The van der Waals surface area contributed by atoms with Crippen LogP contribution in [0.4, 0.5) is 0 Å². The van der Waals surface area contributed by atoms with Gasteiger partial charge in [-0.2, -0.15) is 0 Å². The van der Waals surface area contributed by atoms with Crippen molar-refractivity contribution in [3.05, 3.63) is 34.2 Å². The van der Waals surface area contributed by atoms with Crippen molar-refractivity contribution >= 4 is 26.0 Å². The first-order valence-corrected chi connectivity index (χ1v) is 7.64. The summed E-state index contributed by atoms with van der Waals surface area (Å²) in [5, 5.41) is 7.28. The highest BCUT2D eigenvalue weighted by Crippen LogP contribution is 2.17. The third-order valence-corrected chi connectivity index (χ3v) is 4.72. The summed E-state index contributed by atoms with van der Waals surface area (Å²) >= 11 is 3.06. The van der Waals surface area contributed by atoms with Crippen LogP contribution in [0.5, 0.6) is 0 Å². The van der Waals surface area contributed by atoms with Gasteiger partial charge in [0.05, 0.1) is 0 Å². The van der Waals surface area contributed by atoms with E-state index in [1.54, 1.807) is 6.20 Å². The number of hydrogen-bond acceptors (Lipinski definition) is 5. The second kappa shape index (κ2) is 5.35. The van der Waals surface area contributed by atoms with Crippen LogP contribution in [0.1, 0.15) is 11.3 Å². The van der Waals surface area contributed by atoms with Crippen LogP contribution in [0.2, 0.25) is 0 Å². The summed E-state index contributed by atoms with van der Waals surface area (Å²) in [6.07, 6.45) is 1.63. The van der Waals surface area contributed by atoms with Crippen molar-refractivity contribution < 1.29 is 8.42 Å². The van der Waals surface area contributed by atoms with Gasteiger partial charge in [-0.3, -0.25) is 4.98 Å². The monoisotopic (exact) mass is 345 g/mol. The SMILES string of the molecule is Cc1ccc(CNS(=O)(=O)c2c(Br)nnn2C)cn1. The molecule has 0 atom stereocenters. The topological polar surface area (TPSA) is 89.8 Å². The highest BCUT2D eigenvalue weighted by molar-refractivity contribution is 9.10. The normalized spacial score (nSPS) is 11.7. The number of aromatic nitrogens is 4. The van der Waals surface area contributed by atoms with Gasteiger partial charge in [0, 0.05) is 25.5 Å². The van der Waals surface area contributed by atoms with Crippen molar-refractivity contribution in [2.45, 2.75) is 18.5 Å². The maximum atomic E-state index is 12.1. The summed E-state index contributed by atoms with van der Waals surface area (Å²) < 4.78 is 28.1. The van der Waals surface area contributed by atoms with Gasteiger partial charge in [-0.1, -0.05) is 11.3 Å². The van der Waals surface area contributed by atoms with Gasteiger partial charge in [0.2, 0.25) is 5.03 Å². The lowest BCUT2D eigenvalue weighted by molar-refractivity contribution is 0.560. The number of pyridine rings is 1. The van der Waals surface area contributed by atoms with Crippen LogP contribution in [0, 0.1) is 6.92 Å². The van der Waals surface area contributed by atoms with Crippen LogP contribution in [-0.2, 0) is 23.6 Å². The van der Waals surface area contributed by atoms with Crippen LogP contribution in [0.25, 0.3) is 0 Å². The lowest BCUT2D eigenvalue weighted by atomic mass is 10.2. The Kier molecular flexibility index (Phi) is 3.97. The number of sulfonamides is 1. The molecule has 0 saturated heterocycles. The van der Waals surface area contributed by atoms with E-state index in [0.29, 0.717) is 0 Å². The van der Waals surface area contributed by atoms with Crippen LogP contribution in [-0.4, -0.2) is 28.4 Å². The zero-order valence-corrected chi connectivity index (χ0v) is 12.7. The largest absolute Gasteiger partial charge is 0.261 e. The average Bonchev–Trinajstić information content (AvgIpc) is 2.69. The van der Waals surface area contributed by atoms with E-state index in [2.05, 4.69) is 35.9 Å². The average molecular weight is 346 g/mol. The molecule has 19 heavy (non-hydrogen) atoms. The number of rotatable bonds is 4. The summed E-state index contributed by atoms with van der Waals surface area (Å²) in [5.41, 5.74) is 1.66. The number of nitrogens with zero attached hydrogens (tertiary/aromatic N) is 4. The number of nitrogens with one attached hydrogen (secondary N) is 1. The zero-order valence-electron chi connectivity index (χ0n) is 10.3. The molecule has 2 rings (SSSR count). The molecule has 1 N–H and O–H groups in total. The van der Waals surface area contributed by atoms with Crippen molar-refractivity contribution in [1.29, 1.82) is 0 Å². The molecular formula is C10H12BrN5O2S. The molecule has 0 aromatic carbocycles. The van der Waals surface area contributed by atoms with Gasteiger partial charge in [0.25, 0.3) is 10.0 Å². The zero-order chi connectivity index (χ0) is 14.0. The molecule has 7 nitrogen and oxygen atoms in total. The quantitative estimate of drug-likeness (QED) is 0.883. The second-order valence-corrected chi connectivity index (χ2v) is 6.37. The molecule has 0 aliphatic heterocycles. The van der Waals surface area contributed by atoms with E-state index in [1.165, 1.54) is 11.7 Å². The first-order valence-electron chi connectivity index (χ1n) is 5.36. The molecule has 2 heterocycles. The number of halogens is 1. The summed E-state index contributed by atoms with van der Waals surface area (Å²) in [6.45, 7) is 2.03. The van der Waals surface area contributed by atoms with E-state index in [0.717, 1.165) is 11.3 Å². The van der Waals surface area contributed by atoms with Crippen molar-refractivity contribution in [2.75, 3.05) is 0 Å². The van der Waals surface area contributed by atoms with E-state index in [1.807, 2.05) is 19.1 Å². The third kappa shape index (κ3) is 3.17. The number of hydrogen-bond donors (Lipinski definition) is 1. The molecule has 0 aliphatic carbocycles. The van der Waals surface area contributed by atoms with E-state index >= 15 is 0 Å². The Hall–Kier alpha value is -1.32. The van der Waals surface area contributed by atoms with Crippen LogP contribution in [0.15, 0.2) is 28.0 Å². The predicted molar refractivity (Wildman–Crippen MR) is 71.7 cm³/mol. The molecule has 0 saturated carbocycles. The first-order chi connectivity index (χ1) is 8.90. The maximum absolute atomic E-state index is 12.1. The molecule has 0 fully saturated rings. The Labute approximate surface area is 119 Å². The molecule has 0 spiro atoms. The standard InChI is InChI=1S/C10H12BrN5O2S/c1-7-3-4-8(5-12-7)6-13-19(17,18)10-9(11)14-15-16(10)2/h3-5,13H,6H2,1-2H3. The van der Waals surface area contributed by atoms with Gasteiger partial charge in [0.15, 0.2) is 4.60 Å². The molecule has 0 unspecified atom stereocenters. The van der Waals surface area contributed by atoms with E-state index in [4.69, 9.17) is 0 Å². The molecule has 0 bridgehead atoms. The van der Waals surface area contributed by atoms with Crippen molar-refractivity contribution in [3.8, 4) is 0 Å². The molecule has 2 aromatic heterocycles. The molecule has 2 aromatic rings. The van der Waals surface area contributed by atoms with Crippen LogP contribution < -0.4 is 4.72 Å². The lowest BCUT2D eigenvalue weighted by Crippen LogP contribution is -2.25. The Morgan fingerprint density at radius 2 is 2.16 bits per heavy atom. The second-order valence-electron chi connectivity index (χ2n) is 3.94. The fourth-order valence-corrected chi connectivity index (χ4v) is 3.56. The summed E-state index contributed by atoms with van der Waals surface area (Å²) in [4.78, 5) is 4.10. The van der Waals surface area contributed by atoms with Crippen LogP contribution >= 0.6 is 15.9 Å². The van der Waals surface area contributed by atoms with E-state index in [-0.39, 0.29) is 16.2 Å². The Morgan fingerprint density at radius 3 is 2.68 bits per heavy atom. The highest BCUT2D eigenvalue weighted by Gasteiger charge is 2.23. The van der Waals surface area contributed by atoms with Crippen molar-refractivity contribution in [3.63, 3.8) is 0 Å². The van der Waals surface area contributed by atoms with Gasteiger partial charge in [-0.05, 0) is 34.5 Å². The maximum Gasteiger partial charge on any atom is 0.260 e. The highest BCUT2D eigenvalue weighted by atomic mass is 79.9. The Balaban J connectivity index is 2.17. The Morgan fingerprint density at radius 1 is 1.42 bits per heavy atom. The summed E-state index contributed by atoms with van der Waals surface area (Å²) in [7, 11) is -2.16. The fraction of sp³-hybridized carbons (Fsp3) is 0.300. The minimum Gasteiger partial charge on any atom is -0.261 e. The Bertz CT molecular complexity index is 661. The van der Waals surface area contributed by atoms with Gasteiger partial charge < -0.3 is 0 Å². The molecule has 9 heteroatoms. The van der Waals surface area contributed by atoms with Crippen molar-refractivity contribution in [2.24, 2.45) is 7.05 Å². The number of aryl methyl sites for hydroxylation is 2. The lowest BCUT2D eigenvalue weighted by Gasteiger charge is -2.06. The smallest absolute Gasteiger partial charge is 0.260 e. The van der Waals surface area contributed by atoms with E-state index < -0.39 is 10.0 Å². The van der Waals surface area contributed by atoms with Gasteiger partial charge in [0.1, 0.15) is 0 Å². The molecule has 0 amide bonds. The minimum absolute atomic E-state index is 0.00688. The van der Waals surface area contributed by atoms with Crippen LogP contribution in [0.3, 0.4) is 0 Å². The minimum atomic E-state index is -3.67. The van der Waals surface area contributed by atoms with Gasteiger partial charge in [-0.25, -0.2) is 17.8 Å². The summed E-state index contributed by atoms with van der Waals surface area (Å²) in [5.74, 6) is 0. The summed E-state index contributed by atoms with van der Waals surface area (Å²) in [6, 6.07) is 3.65. The third-order valence-electron chi connectivity index (χ3n) is 2.43. The molecule has 0 radical (unpaired) electrons. The van der Waals surface area contributed by atoms with Crippen molar-refractivity contribution in [1.82, 2.24) is 24.7 Å². The molecule has 0 aliphatic rings. The van der Waals surface area contributed by atoms with Gasteiger partial charge in [-0.15, -0.1) is 5.10 Å². The molecular weight excluding hydrogens is 334 g/mol. The fourth-order valence-electron chi connectivity index (χ4n) is 1.46.